The highest BCUT2D eigenvalue weighted by Gasteiger charge is 2.14. The first kappa shape index (κ1) is 20.1. The number of amides is 1. The van der Waals surface area contributed by atoms with Crippen LogP contribution in [-0.2, 0) is 11.3 Å². The molecule has 3 rings (SSSR count). The second kappa shape index (κ2) is 9.01. The molecule has 0 radical (unpaired) electrons. The molecule has 2 aromatic carbocycles. The van der Waals surface area contributed by atoms with E-state index < -0.39 is 0 Å². The van der Waals surface area contributed by atoms with Crippen LogP contribution < -0.4 is 10.9 Å². The molecule has 1 atom stereocenters. The van der Waals surface area contributed by atoms with Gasteiger partial charge in [-0.1, -0.05) is 43.0 Å². The van der Waals surface area contributed by atoms with E-state index in [-0.39, 0.29) is 35.6 Å². The predicted octanol–water partition coefficient (Wildman–Crippen LogP) is 3.59. The summed E-state index contributed by atoms with van der Waals surface area (Å²) in [6.45, 7) is 4.21. The molecule has 0 bridgehead atoms. The molecule has 0 spiro atoms. The number of aromatic nitrogens is 2. The SMILES string of the molecule is CC[C@@H](C)NC(=O)CSc1nc2ccccc2c(=O)n1Cc1ccc(F)cc1. The highest BCUT2D eigenvalue weighted by molar-refractivity contribution is 7.99. The van der Waals surface area contributed by atoms with Gasteiger partial charge in [-0.3, -0.25) is 14.2 Å². The van der Waals surface area contributed by atoms with Gasteiger partial charge in [0.1, 0.15) is 5.82 Å². The third-order valence-corrected chi connectivity index (χ3v) is 5.41. The molecular formula is C21H22FN3O2S. The number of nitrogens with one attached hydrogen (secondary N) is 1. The molecule has 1 aromatic heterocycles. The van der Waals surface area contributed by atoms with Gasteiger partial charge in [0.25, 0.3) is 5.56 Å². The Hall–Kier alpha value is -2.67. The topological polar surface area (TPSA) is 64.0 Å². The Bertz CT molecular complexity index is 1030. The molecule has 146 valence electrons. The van der Waals surface area contributed by atoms with Crippen molar-refractivity contribution < 1.29 is 9.18 Å². The fourth-order valence-corrected chi connectivity index (χ4v) is 3.53. The van der Waals surface area contributed by atoms with Crippen molar-refractivity contribution in [1.29, 1.82) is 0 Å². The highest BCUT2D eigenvalue weighted by atomic mass is 32.2. The number of nitrogens with zero attached hydrogens (tertiary/aromatic N) is 2. The number of para-hydroxylation sites is 1. The second-order valence-electron chi connectivity index (χ2n) is 6.59. The van der Waals surface area contributed by atoms with E-state index in [1.807, 2.05) is 19.9 Å². The van der Waals surface area contributed by atoms with E-state index in [1.165, 1.54) is 28.5 Å². The Morgan fingerprint density at radius 2 is 1.93 bits per heavy atom. The molecule has 1 N–H and O–H groups in total. The van der Waals surface area contributed by atoms with E-state index in [0.717, 1.165) is 12.0 Å². The van der Waals surface area contributed by atoms with Crippen molar-refractivity contribution in [2.75, 3.05) is 5.75 Å². The van der Waals surface area contributed by atoms with Crippen molar-refractivity contribution in [2.45, 2.75) is 38.0 Å². The summed E-state index contributed by atoms with van der Waals surface area (Å²) in [5.74, 6) is -0.266. The van der Waals surface area contributed by atoms with E-state index >= 15 is 0 Å². The first-order valence-corrected chi connectivity index (χ1v) is 10.1. The molecular weight excluding hydrogens is 377 g/mol. The number of thioether (sulfide) groups is 1. The molecule has 3 aromatic rings. The second-order valence-corrected chi connectivity index (χ2v) is 7.54. The Kier molecular flexibility index (Phi) is 6.46. The molecule has 5 nitrogen and oxygen atoms in total. The van der Waals surface area contributed by atoms with Gasteiger partial charge in [0.2, 0.25) is 5.91 Å². The highest BCUT2D eigenvalue weighted by Crippen LogP contribution is 2.19. The lowest BCUT2D eigenvalue weighted by atomic mass is 10.2. The standard InChI is InChI=1S/C21H22FN3O2S/c1-3-14(2)23-19(26)13-28-21-24-18-7-5-4-6-17(18)20(27)25(21)12-15-8-10-16(22)11-9-15/h4-11,14H,3,12-13H2,1-2H3,(H,23,26)/t14-/m1/s1. The largest absolute Gasteiger partial charge is 0.353 e. The van der Waals surface area contributed by atoms with Gasteiger partial charge >= 0.3 is 0 Å². The number of hydrogen-bond acceptors (Lipinski definition) is 4. The Labute approximate surface area is 167 Å². The number of halogens is 1. The maximum atomic E-state index is 13.2. The summed E-state index contributed by atoms with van der Waals surface area (Å²) in [6, 6.07) is 13.2. The van der Waals surface area contributed by atoms with Crippen LogP contribution in [0.5, 0.6) is 0 Å². The van der Waals surface area contributed by atoms with Gasteiger partial charge in [-0.25, -0.2) is 9.37 Å². The van der Waals surface area contributed by atoms with E-state index in [2.05, 4.69) is 10.3 Å². The number of carbonyl (C=O) groups excluding carboxylic acids is 1. The lowest BCUT2D eigenvalue weighted by molar-refractivity contribution is -0.119. The fourth-order valence-electron chi connectivity index (χ4n) is 2.72. The molecule has 0 aliphatic heterocycles. The summed E-state index contributed by atoms with van der Waals surface area (Å²) < 4.78 is 14.7. The third-order valence-electron chi connectivity index (χ3n) is 4.43. The average Bonchev–Trinajstić information content (AvgIpc) is 2.70. The fraction of sp³-hybridized carbons (Fsp3) is 0.286. The summed E-state index contributed by atoms with van der Waals surface area (Å²) >= 11 is 1.22. The van der Waals surface area contributed by atoms with Crippen molar-refractivity contribution in [1.82, 2.24) is 14.9 Å². The number of rotatable bonds is 7. The summed E-state index contributed by atoms with van der Waals surface area (Å²) in [4.78, 5) is 29.8. The van der Waals surface area contributed by atoms with Crippen LogP contribution >= 0.6 is 11.8 Å². The smallest absolute Gasteiger partial charge is 0.262 e. The predicted molar refractivity (Wildman–Crippen MR) is 110 cm³/mol. The Balaban J connectivity index is 1.93. The lowest BCUT2D eigenvalue weighted by Gasteiger charge is -2.14. The van der Waals surface area contributed by atoms with Crippen LogP contribution in [0.15, 0.2) is 58.5 Å². The Morgan fingerprint density at radius 3 is 2.64 bits per heavy atom. The summed E-state index contributed by atoms with van der Waals surface area (Å²) in [5, 5.41) is 3.89. The third kappa shape index (κ3) is 4.78. The summed E-state index contributed by atoms with van der Waals surface area (Å²) in [5.41, 5.74) is 1.19. The molecule has 1 amide bonds. The maximum absolute atomic E-state index is 13.2. The first-order valence-electron chi connectivity index (χ1n) is 9.14. The summed E-state index contributed by atoms with van der Waals surface area (Å²) in [7, 11) is 0. The number of benzene rings is 2. The molecule has 1 heterocycles. The normalized spacial score (nSPS) is 12.1. The minimum Gasteiger partial charge on any atom is -0.353 e. The van der Waals surface area contributed by atoms with E-state index in [9.17, 15) is 14.0 Å². The molecule has 7 heteroatoms. The van der Waals surface area contributed by atoms with Crippen molar-refractivity contribution in [3.05, 3.63) is 70.3 Å². The molecule has 0 saturated carbocycles. The van der Waals surface area contributed by atoms with Gasteiger partial charge in [0.05, 0.1) is 23.2 Å². The van der Waals surface area contributed by atoms with Crippen LogP contribution in [0.2, 0.25) is 0 Å². The van der Waals surface area contributed by atoms with Crippen molar-refractivity contribution in [3.8, 4) is 0 Å². The van der Waals surface area contributed by atoms with Gasteiger partial charge in [0.15, 0.2) is 5.16 Å². The zero-order valence-electron chi connectivity index (χ0n) is 15.8. The van der Waals surface area contributed by atoms with Crippen LogP contribution in [0.25, 0.3) is 10.9 Å². The Morgan fingerprint density at radius 1 is 1.21 bits per heavy atom. The van der Waals surface area contributed by atoms with Crippen molar-refractivity contribution >= 4 is 28.6 Å². The average molecular weight is 399 g/mol. The van der Waals surface area contributed by atoms with Gasteiger partial charge in [-0.05, 0) is 43.2 Å². The zero-order chi connectivity index (χ0) is 20.1. The minimum atomic E-state index is -0.330. The number of carbonyl (C=O) groups is 1. The monoisotopic (exact) mass is 399 g/mol. The van der Waals surface area contributed by atoms with Crippen molar-refractivity contribution in [3.63, 3.8) is 0 Å². The molecule has 0 aliphatic rings. The number of fused-ring (bicyclic) bond motifs is 1. The van der Waals surface area contributed by atoms with Gasteiger partial charge in [-0.2, -0.15) is 0 Å². The molecule has 0 fully saturated rings. The van der Waals surface area contributed by atoms with E-state index in [0.29, 0.717) is 16.1 Å². The van der Waals surface area contributed by atoms with Crippen LogP contribution in [-0.4, -0.2) is 27.3 Å². The molecule has 0 saturated heterocycles. The lowest BCUT2D eigenvalue weighted by Crippen LogP contribution is -2.33. The van der Waals surface area contributed by atoms with Gasteiger partial charge in [-0.15, -0.1) is 0 Å². The maximum Gasteiger partial charge on any atom is 0.262 e. The summed E-state index contributed by atoms with van der Waals surface area (Å²) in [6.07, 6.45) is 0.847. The van der Waals surface area contributed by atoms with Crippen LogP contribution in [0.3, 0.4) is 0 Å². The van der Waals surface area contributed by atoms with Crippen molar-refractivity contribution in [2.24, 2.45) is 0 Å². The van der Waals surface area contributed by atoms with Crippen LogP contribution in [0, 0.1) is 5.82 Å². The van der Waals surface area contributed by atoms with Gasteiger partial charge in [0, 0.05) is 6.04 Å². The van der Waals surface area contributed by atoms with E-state index in [1.54, 1.807) is 30.3 Å². The zero-order valence-corrected chi connectivity index (χ0v) is 16.6. The molecule has 28 heavy (non-hydrogen) atoms. The van der Waals surface area contributed by atoms with E-state index in [4.69, 9.17) is 0 Å². The first-order chi connectivity index (χ1) is 13.5. The van der Waals surface area contributed by atoms with Crippen LogP contribution in [0.1, 0.15) is 25.8 Å². The molecule has 0 unspecified atom stereocenters. The minimum absolute atomic E-state index is 0.0964. The number of hydrogen-bond donors (Lipinski definition) is 1. The quantitative estimate of drug-likeness (QED) is 0.487. The molecule has 0 aliphatic carbocycles. The van der Waals surface area contributed by atoms with Crippen LogP contribution in [0.4, 0.5) is 4.39 Å². The van der Waals surface area contributed by atoms with Gasteiger partial charge < -0.3 is 5.32 Å².